The number of rotatable bonds is 4. The summed E-state index contributed by atoms with van der Waals surface area (Å²) in [5.41, 5.74) is 0.797. The van der Waals surface area contributed by atoms with Crippen molar-refractivity contribution >= 4 is 17.8 Å². The zero-order valence-corrected chi connectivity index (χ0v) is 8.53. The standard InChI is InChI=1S/C10H15N3O/c1-3-4-5-11-10(14)6-9-7-13(2)8-12-9/h3-4,7-8H,5-6H2,1-2H3,(H,11,14)/q+1/b4-3+. The quantitative estimate of drug-likeness (QED) is 0.508. The van der Waals surface area contributed by atoms with Crippen LogP contribution < -0.4 is 5.32 Å². The Morgan fingerprint density at radius 2 is 2.50 bits per heavy atom. The SMILES string of the molecule is C/C=C/CNC(=O)CC1=N[CH][N+](C)=C1. The van der Waals surface area contributed by atoms with E-state index in [4.69, 9.17) is 0 Å². The molecule has 0 aromatic carbocycles. The molecule has 0 saturated carbocycles. The molecule has 4 nitrogen and oxygen atoms in total. The number of amides is 1. The van der Waals surface area contributed by atoms with Gasteiger partial charge in [0, 0.05) is 6.54 Å². The molecule has 1 radical (unpaired) electrons. The van der Waals surface area contributed by atoms with Gasteiger partial charge in [-0.05, 0) is 6.92 Å². The molecule has 4 heteroatoms. The van der Waals surface area contributed by atoms with Crippen molar-refractivity contribution in [3.63, 3.8) is 0 Å². The number of nitrogens with zero attached hydrogens (tertiary/aromatic N) is 2. The van der Waals surface area contributed by atoms with Gasteiger partial charge >= 0.3 is 6.67 Å². The van der Waals surface area contributed by atoms with Gasteiger partial charge in [-0.25, -0.2) is 9.57 Å². The smallest absolute Gasteiger partial charge is 0.330 e. The van der Waals surface area contributed by atoms with Crippen LogP contribution in [0.25, 0.3) is 0 Å². The molecule has 1 aliphatic heterocycles. The first-order chi connectivity index (χ1) is 6.72. The van der Waals surface area contributed by atoms with Gasteiger partial charge in [-0.2, -0.15) is 0 Å². The molecular weight excluding hydrogens is 178 g/mol. The van der Waals surface area contributed by atoms with E-state index in [0.717, 1.165) is 5.71 Å². The molecule has 1 heterocycles. The Kier molecular flexibility index (Phi) is 4.04. The Bertz CT molecular complexity index is 302. The minimum Gasteiger partial charge on any atom is -0.352 e. The van der Waals surface area contributed by atoms with Crippen molar-refractivity contribution in [3.8, 4) is 0 Å². The van der Waals surface area contributed by atoms with Crippen LogP contribution in [0, 0.1) is 6.67 Å². The summed E-state index contributed by atoms with van der Waals surface area (Å²) in [6.07, 6.45) is 5.99. The molecule has 1 rings (SSSR count). The summed E-state index contributed by atoms with van der Waals surface area (Å²) in [5, 5.41) is 2.77. The van der Waals surface area contributed by atoms with Crippen LogP contribution in [0.15, 0.2) is 17.1 Å². The molecule has 1 aliphatic rings. The number of hydrogen-bond donors (Lipinski definition) is 1. The van der Waals surface area contributed by atoms with E-state index in [1.165, 1.54) is 0 Å². The van der Waals surface area contributed by atoms with Gasteiger partial charge in [0.2, 0.25) is 5.91 Å². The van der Waals surface area contributed by atoms with Gasteiger partial charge in [0.15, 0.2) is 6.21 Å². The number of carbonyl (C=O) groups excluding carboxylic acids is 1. The fourth-order valence-corrected chi connectivity index (χ4v) is 1.08. The average molecular weight is 193 g/mol. The van der Waals surface area contributed by atoms with Crippen molar-refractivity contribution in [1.82, 2.24) is 5.32 Å². The largest absolute Gasteiger partial charge is 0.352 e. The maximum absolute atomic E-state index is 11.3. The zero-order valence-electron chi connectivity index (χ0n) is 8.53. The number of nitrogens with one attached hydrogen (secondary N) is 1. The van der Waals surface area contributed by atoms with Crippen LogP contribution in [0.2, 0.25) is 0 Å². The molecular formula is C10H15N3O+. The first kappa shape index (κ1) is 10.6. The highest BCUT2D eigenvalue weighted by atomic mass is 16.1. The van der Waals surface area contributed by atoms with Gasteiger partial charge in [-0.3, -0.25) is 4.79 Å². The third-order valence-electron chi connectivity index (χ3n) is 1.75. The van der Waals surface area contributed by atoms with Gasteiger partial charge in [-0.15, -0.1) is 0 Å². The van der Waals surface area contributed by atoms with E-state index < -0.39 is 0 Å². The predicted octanol–water partition coefficient (Wildman–Crippen LogP) is 0.356. The molecule has 1 amide bonds. The third-order valence-corrected chi connectivity index (χ3v) is 1.75. The van der Waals surface area contributed by atoms with Crippen LogP contribution in [0.4, 0.5) is 0 Å². The van der Waals surface area contributed by atoms with Crippen molar-refractivity contribution in [1.29, 1.82) is 0 Å². The van der Waals surface area contributed by atoms with E-state index in [2.05, 4.69) is 10.3 Å². The Balaban J connectivity index is 2.27. The van der Waals surface area contributed by atoms with E-state index in [1.54, 1.807) is 6.67 Å². The maximum atomic E-state index is 11.3. The van der Waals surface area contributed by atoms with Gasteiger partial charge in [-0.1, -0.05) is 12.2 Å². The molecule has 0 fully saturated rings. The van der Waals surface area contributed by atoms with Gasteiger partial charge in [0.05, 0.1) is 6.42 Å². The first-order valence-electron chi connectivity index (χ1n) is 4.57. The zero-order chi connectivity index (χ0) is 10.4. The van der Waals surface area contributed by atoms with Crippen molar-refractivity contribution in [3.05, 3.63) is 18.8 Å². The van der Waals surface area contributed by atoms with E-state index in [9.17, 15) is 4.79 Å². The van der Waals surface area contributed by atoms with Crippen molar-refractivity contribution < 1.29 is 9.37 Å². The second kappa shape index (κ2) is 5.32. The number of aliphatic imine (C=N–C) groups is 1. The summed E-state index contributed by atoms with van der Waals surface area (Å²) >= 11 is 0. The third kappa shape index (κ3) is 3.51. The molecule has 0 unspecified atom stereocenters. The molecule has 0 aliphatic carbocycles. The number of carbonyl (C=O) groups is 1. The van der Waals surface area contributed by atoms with Crippen LogP contribution in [0.5, 0.6) is 0 Å². The summed E-state index contributed by atoms with van der Waals surface area (Å²) in [7, 11) is 1.88. The van der Waals surface area contributed by atoms with Gasteiger partial charge in [0.25, 0.3) is 0 Å². The van der Waals surface area contributed by atoms with Gasteiger partial charge < -0.3 is 5.32 Å². The summed E-state index contributed by atoms with van der Waals surface area (Å²) in [6, 6.07) is 0. The molecule has 75 valence electrons. The van der Waals surface area contributed by atoms with Crippen LogP contribution >= 0.6 is 0 Å². The van der Waals surface area contributed by atoms with E-state index in [0.29, 0.717) is 13.0 Å². The van der Waals surface area contributed by atoms with Crippen molar-refractivity contribution in [2.24, 2.45) is 4.99 Å². The van der Waals surface area contributed by atoms with E-state index >= 15 is 0 Å². The topological polar surface area (TPSA) is 44.5 Å². The molecule has 0 spiro atoms. The Morgan fingerprint density at radius 1 is 1.71 bits per heavy atom. The second-order valence-electron chi connectivity index (χ2n) is 3.08. The molecule has 0 bridgehead atoms. The maximum Gasteiger partial charge on any atom is 0.330 e. The van der Waals surface area contributed by atoms with Crippen LogP contribution in [-0.2, 0) is 4.79 Å². The first-order valence-corrected chi connectivity index (χ1v) is 4.57. The molecule has 0 saturated heterocycles. The second-order valence-corrected chi connectivity index (χ2v) is 3.08. The Morgan fingerprint density at radius 3 is 3.07 bits per heavy atom. The normalized spacial score (nSPS) is 15.6. The molecule has 14 heavy (non-hydrogen) atoms. The van der Waals surface area contributed by atoms with Crippen LogP contribution in [0.1, 0.15) is 13.3 Å². The fourth-order valence-electron chi connectivity index (χ4n) is 1.08. The summed E-state index contributed by atoms with van der Waals surface area (Å²) in [6.45, 7) is 4.20. The van der Waals surface area contributed by atoms with E-state index in [1.807, 2.05) is 36.9 Å². The highest BCUT2D eigenvalue weighted by Crippen LogP contribution is 1.95. The monoisotopic (exact) mass is 193 g/mol. The molecule has 0 aromatic rings. The fraction of sp³-hybridized carbons (Fsp3) is 0.400. The number of allylic oxidation sites excluding steroid dienone is 1. The Labute approximate surface area is 84.0 Å². The lowest BCUT2D eigenvalue weighted by molar-refractivity contribution is -0.444. The highest BCUT2D eigenvalue weighted by Gasteiger charge is 2.14. The predicted molar refractivity (Wildman–Crippen MR) is 56.4 cm³/mol. The lowest BCUT2D eigenvalue weighted by atomic mass is 10.3. The minimum atomic E-state index is 0.00167. The molecule has 0 aromatic heterocycles. The van der Waals surface area contributed by atoms with Crippen LogP contribution in [-0.4, -0.2) is 36.0 Å². The van der Waals surface area contributed by atoms with Gasteiger partial charge in [0.1, 0.15) is 12.8 Å². The molecule has 1 N–H and O–H groups in total. The molecule has 0 atom stereocenters. The lowest BCUT2D eigenvalue weighted by Gasteiger charge is -1.98. The minimum absolute atomic E-state index is 0.00167. The van der Waals surface area contributed by atoms with Crippen molar-refractivity contribution in [2.45, 2.75) is 13.3 Å². The van der Waals surface area contributed by atoms with Crippen molar-refractivity contribution in [2.75, 3.05) is 13.6 Å². The number of hydrogen-bond acceptors (Lipinski definition) is 2. The summed E-state index contributed by atoms with van der Waals surface area (Å²) in [5.74, 6) is 0.00167. The summed E-state index contributed by atoms with van der Waals surface area (Å²) < 4.78 is 1.83. The Hall–Kier alpha value is -1.45. The lowest BCUT2D eigenvalue weighted by Crippen LogP contribution is -2.26. The summed E-state index contributed by atoms with van der Waals surface area (Å²) in [4.78, 5) is 15.4. The van der Waals surface area contributed by atoms with E-state index in [-0.39, 0.29) is 5.91 Å². The highest BCUT2D eigenvalue weighted by molar-refractivity contribution is 6.33. The average Bonchev–Trinajstić information content (AvgIpc) is 2.52. The van der Waals surface area contributed by atoms with Crippen LogP contribution in [0.3, 0.4) is 0 Å².